The molecule has 2 aromatic heterocycles. The minimum atomic E-state index is -1.25. The van der Waals surface area contributed by atoms with Crippen molar-refractivity contribution in [3.05, 3.63) is 52.6 Å². The summed E-state index contributed by atoms with van der Waals surface area (Å²) < 4.78 is 12.3. The Bertz CT molecular complexity index is 1020. The van der Waals surface area contributed by atoms with Gasteiger partial charge in [0.05, 0.1) is 11.8 Å². The van der Waals surface area contributed by atoms with Gasteiger partial charge in [-0.2, -0.15) is 0 Å². The summed E-state index contributed by atoms with van der Waals surface area (Å²) in [7, 11) is 1.61. The number of rotatable bonds is 4. The molecule has 3 heterocycles. The first-order valence-electron chi connectivity index (χ1n) is 7.69. The van der Waals surface area contributed by atoms with Crippen molar-refractivity contribution in [1.29, 1.82) is 0 Å². The summed E-state index contributed by atoms with van der Waals surface area (Å²) in [6.45, 7) is 1.04. The van der Waals surface area contributed by atoms with Gasteiger partial charge in [-0.1, -0.05) is 0 Å². The van der Waals surface area contributed by atoms with Crippen LogP contribution < -0.4 is 10.3 Å². The highest BCUT2D eigenvalue weighted by Crippen LogP contribution is 2.28. The number of anilines is 1. The van der Waals surface area contributed by atoms with E-state index in [9.17, 15) is 14.7 Å². The molecule has 8 nitrogen and oxygen atoms in total. The molecule has 0 atom stereocenters. The second kappa shape index (κ2) is 5.75. The first-order chi connectivity index (χ1) is 12.1. The van der Waals surface area contributed by atoms with Crippen molar-refractivity contribution >= 4 is 22.9 Å². The summed E-state index contributed by atoms with van der Waals surface area (Å²) >= 11 is 0. The maximum atomic E-state index is 12.2. The fraction of sp³-hybridized carbons (Fsp3) is 0.235. The molecule has 4 rings (SSSR count). The maximum Gasteiger partial charge on any atom is 0.343 e. The molecule has 0 amide bonds. The second-order valence-electron chi connectivity index (χ2n) is 5.82. The Labute approximate surface area is 141 Å². The third-order valence-electron chi connectivity index (χ3n) is 4.36. The lowest BCUT2D eigenvalue weighted by Crippen LogP contribution is -2.53. The Morgan fingerprint density at radius 3 is 2.88 bits per heavy atom. The zero-order chi connectivity index (χ0) is 17.6. The fourth-order valence-corrected chi connectivity index (χ4v) is 3.00. The van der Waals surface area contributed by atoms with Crippen LogP contribution in [0.25, 0.3) is 16.8 Å². The van der Waals surface area contributed by atoms with Gasteiger partial charge in [0.15, 0.2) is 17.4 Å². The molecule has 1 saturated heterocycles. The molecule has 1 N–H and O–H groups in total. The number of hydrogen-bond acceptors (Lipinski definition) is 6. The molecule has 25 heavy (non-hydrogen) atoms. The zero-order valence-corrected chi connectivity index (χ0v) is 13.4. The van der Waals surface area contributed by atoms with Crippen molar-refractivity contribution in [1.82, 2.24) is 9.55 Å². The lowest BCUT2D eigenvalue weighted by molar-refractivity contribution is 0.0683. The number of hydrogen-bond donors (Lipinski definition) is 1. The van der Waals surface area contributed by atoms with E-state index in [0.717, 1.165) is 0 Å². The van der Waals surface area contributed by atoms with Gasteiger partial charge in [-0.15, -0.1) is 0 Å². The Hall–Kier alpha value is -3.13. The predicted molar refractivity (Wildman–Crippen MR) is 89.6 cm³/mol. The second-order valence-corrected chi connectivity index (χ2v) is 5.82. The monoisotopic (exact) mass is 341 g/mol. The molecule has 0 bridgehead atoms. The van der Waals surface area contributed by atoms with Gasteiger partial charge in [-0.25, -0.2) is 9.78 Å². The molecule has 0 spiro atoms. The van der Waals surface area contributed by atoms with Crippen molar-refractivity contribution < 1.29 is 19.1 Å². The van der Waals surface area contributed by atoms with Crippen molar-refractivity contribution in [2.75, 3.05) is 25.1 Å². The van der Waals surface area contributed by atoms with Gasteiger partial charge < -0.3 is 23.7 Å². The number of fused-ring (bicyclic) bond motifs is 1. The van der Waals surface area contributed by atoms with E-state index in [0.29, 0.717) is 35.7 Å². The average Bonchev–Trinajstić information content (AvgIpc) is 3.01. The SMILES string of the molecule is COC1CN(c2c(C(=O)O)c(=O)ccn2-c2ccc3ncoc3c2)C1. The molecule has 3 aromatic rings. The van der Waals surface area contributed by atoms with Gasteiger partial charge in [0.2, 0.25) is 0 Å². The minimum Gasteiger partial charge on any atom is -0.477 e. The van der Waals surface area contributed by atoms with Gasteiger partial charge in [0, 0.05) is 38.5 Å². The summed E-state index contributed by atoms with van der Waals surface area (Å²) in [4.78, 5) is 29.7. The van der Waals surface area contributed by atoms with E-state index in [4.69, 9.17) is 9.15 Å². The molecular formula is C17H15N3O5. The van der Waals surface area contributed by atoms with Crippen molar-refractivity contribution in [3.63, 3.8) is 0 Å². The maximum absolute atomic E-state index is 12.2. The molecule has 0 aliphatic carbocycles. The number of nitrogens with zero attached hydrogens (tertiary/aromatic N) is 3. The van der Waals surface area contributed by atoms with Crippen molar-refractivity contribution in [2.24, 2.45) is 0 Å². The molecule has 1 aliphatic heterocycles. The molecule has 1 aromatic carbocycles. The quantitative estimate of drug-likeness (QED) is 0.768. The predicted octanol–water partition coefficient (Wildman–Crippen LogP) is 1.51. The molecular weight excluding hydrogens is 326 g/mol. The topological polar surface area (TPSA) is 97.8 Å². The largest absolute Gasteiger partial charge is 0.477 e. The highest BCUT2D eigenvalue weighted by Gasteiger charge is 2.33. The van der Waals surface area contributed by atoms with Gasteiger partial charge >= 0.3 is 5.97 Å². The number of carbonyl (C=O) groups is 1. The summed E-state index contributed by atoms with van der Waals surface area (Å²) in [6, 6.07) is 6.60. The fourth-order valence-electron chi connectivity index (χ4n) is 3.00. The van der Waals surface area contributed by atoms with Crippen LogP contribution in [-0.4, -0.2) is 46.9 Å². The van der Waals surface area contributed by atoms with Gasteiger partial charge in [-0.05, 0) is 12.1 Å². The number of aromatic carboxylic acids is 1. The third kappa shape index (κ3) is 2.47. The number of aromatic nitrogens is 2. The lowest BCUT2D eigenvalue weighted by atomic mass is 10.1. The van der Waals surface area contributed by atoms with E-state index >= 15 is 0 Å². The van der Waals surface area contributed by atoms with Gasteiger partial charge in [0.25, 0.3) is 0 Å². The Kier molecular flexibility index (Phi) is 3.54. The zero-order valence-electron chi connectivity index (χ0n) is 13.4. The third-order valence-corrected chi connectivity index (χ3v) is 4.36. The van der Waals surface area contributed by atoms with Crippen LogP contribution in [0.3, 0.4) is 0 Å². The van der Waals surface area contributed by atoms with Crippen LogP contribution in [0.2, 0.25) is 0 Å². The smallest absolute Gasteiger partial charge is 0.343 e. The summed E-state index contributed by atoms with van der Waals surface area (Å²) in [5.41, 5.74) is 1.18. The Morgan fingerprint density at radius 2 is 2.16 bits per heavy atom. The summed E-state index contributed by atoms with van der Waals surface area (Å²) in [6.07, 6.45) is 2.94. The van der Waals surface area contributed by atoms with E-state index < -0.39 is 11.4 Å². The van der Waals surface area contributed by atoms with Gasteiger partial charge in [0.1, 0.15) is 16.9 Å². The molecule has 1 fully saturated rings. The van der Waals surface area contributed by atoms with Crippen molar-refractivity contribution in [2.45, 2.75) is 6.10 Å². The molecule has 8 heteroatoms. The number of oxazole rings is 1. The highest BCUT2D eigenvalue weighted by molar-refractivity contribution is 5.94. The molecule has 1 aliphatic rings. The number of methoxy groups -OCH3 is 1. The Balaban J connectivity index is 1.90. The van der Waals surface area contributed by atoms with E-state index in [1.54, 1.807) is 36.1 Å². The minimum absolute atomic E-state index is 0.0159. The van der Waals surface area contributed by atoms with Crippen LogP contribution in [0.4, 0.5) is 5.82 Å². The number of carboxylic acids is 1. The standard InChI is InChI=1S/C17H15N3O5/c1-24-11-7-19(8-11)16-15(17(22)23)13(21)4-5-20(16)10-2-3-12-14(6-10)25-9-18-12/h2-6,9,11H,7-8H2,1H3,(H,22,23). The molecule has 0 unspecified atom stereocenters. The molecule has 128 valence electrons. The molecule has 0 radical (unpaired) electrons. The number of carboxylic acid groups (broad SMARTS) is 1. The van der Waals surface area contributed by atoms with Crippen LogP contribution in [-0.2, 0) is 4.74 Å². The van der Waals surface area contributed by atoms with E-state index in [1.165, 1.54) is 12.5 Å². The van der Waals surface area contributed by atoms with Crippen LogP contribution in [0.1, 0.15) is 10.4 Å². The van der Waals surface area contributed by atoms with Crippen molar-refractivity contribution in [3.8, 4) is 5.69 Å². The summed E-state index contributed by atoms with van der Waals surface area (Å²) in [5, 5.41) is 9.55. The number of benzene rings is 1. The van der Waals surface area contributed by atoms with Crippen LogP contribution >= 0.6 is 0 Å². The Morgan fingerprint density at radius 1 is 1.36 bits per heavy atom. The average molecular weight is 341 g/mol. The highest BCUT2D eigenvalue weighted by atomic mass is 16.5. The first-order valence-corrected chi connectivity index (χ1v) is 7.69. The molecule has 0 saturated carbocycles. The van der Waals surface area contributed by atoms with Crippen LogP contribution in [0.15, 0.2) is 46.1 Å². The number of ether oxygens (including phenoxy) is 1. The van der Waals surface area contributed by atoms with E-state index in [1.807, 2.05) is 4.90 Å². The number of pyridine rings is 1. The van der Waals surface area contributed by atoms with Crippen LogP contribution in [0.5, 0.6) is 0 Å². The van der Waals surface area contributed by atoms with E-state index in [-0.39, 0.29) is 11.7 Å². The van der Waals surface area contributed by atoms with Gasteiger partial charge in [-0.3, -0.25) is 4.79 Å². The first kappa shape index (κ1) is 15.4. The van der Waals surface area contributed by atoms with E-state index in [2.05, 4.69) is 4.98 Å². The lowest BCUT2D eigenvalue weighted by Gasteiger charge is -2.41. The normalized spacial score (nSPS) is 14.7. The summed E-state index contributed by atoms with van der Waals surface area (Å²) in [5.74, 6) is -0.914. The van der Waals surface area contributed by atoms with Crippen LogP contribution in [0, 0.1) is 0 Å².